The van der Waals surface area contributed by atoms with Crippen LogP contribution in [0.5, 0.6) is 5.75 Å². The quantitative estimate of drug-likeness (QED) is 0.796. The number of hydrogen-bond acceptors (Lipinski definition) is 5. The molecule has 1 rings (SSSR count). The van der Waals surface area contributed by atoms with E-state index in [0.29, 0.717) is 4.47 Å². The summed E-state index contributed by atoms with van der Waals surface area (Å²) < 4.78 is 5.49. The van der Waals surface area contributed by atoms with Crippen LogP contribution in [-0.2, 0) is 9.53 Å². The number of amides is 1. The summed E-state index contributed by atoms with van der Waals surface area (Å²) in [5, 5.41) is 12.2. The van der Waals surface area contributed by atoms with Crippen LogP contribution in [0.2, 0.25) is 0 Å². The third-order valence-corrected chi connectivity index (χ3v) is 3.00. The van der Waals surface area contributed by atoms with Crippen LogP contribution in [0.4, 0.5) is 0 Å². The highest BCUT2D eigenvalue weighted by Gasteiger charge is 2.30. The van der Waals surface area contributed by atoms with Crippen molar-refractivity contribution in [2.45, 2.75) is 20.8 Å². The molecular formula is C13H17BrN2O4. The minimum atomic E-state index is -0.851. The Hall–Kier alpha value is -1.63. The van der Waals surface area contributed by atoms with Gasteiger partial charge in [-0.1, -0.05) is 0 Å². The molecule has 0 saturated carbocycles. The molecule has 7 heteroatoms. The van der Waals surface area contributed by atoms with Gasteiger partial charge in [0.05, 0.1) is 12.0 Å². The summed E-state index contributed by atoms with van der Waals surface area (Å²) in [4.78, 5) is 27.4. The van der Waals surface area contributed by atoms with E-state index in [1.54, 1.807) is 20.8 Å². The van der Waals surface area contributed by atoms with Gasteiger partial charge in [0, 0.05) is 17.2 Å². The van der Waals surface area contributed by atoms with Crippen molar-refractivity contribution >= 4 is 27.8 Å². The Morgan fingerprint density at radius 3 is 2.70 bits per heavy atom. The minimum Gasteiger partial charge on any atom is -0.505 e. The van der Waals surface area contributed by atoms with E-state index in [1.807, 2.05) is 0 Å². The van der Waals surface area contributed by atoms with E-state index in [2.05, 4.69) is 26.2 Å². The summed E-state index contributed by atoms with van der Waals surface area (Å²) in [5.74, 6) is -1.17. The van der Waals surface area contributed by atoms with Gasteiger partial charge in [-0.2, -0.15) is 0 Å². The third kappa shape index (κ3) is 4.19. The van der Waals surface area contributed by atoms with Crippen molar-refractivity contribution < 1.29 is 19.4 Å². The molecular weight excluding hydrogens is 328 g/mol. The van der Waals surface area contributed by atoms with E-state index >= 15 is 0 Å². The molecule has 0 saturated heterocycles. The van der Waals surface area contributed by atoms with Crippen LogP contribution in [0.25, 0.3) is 0 Å². The molecule has 0 spiro atoms. The van der Waals surface area contributed by atoms with Crippen molar-refractivity contribution in [2.75, 3.05) is 13.2 Å². The number of carbonyl (C=O) groups excluding carboxylic acids is 2. The Morgan fingerprint density at radius 2 is 2.15 bits per heavy atom. The zero-order valence-electron chi connectivity index (χ0n) is 11.6. The molecule has 6 nitrogen and oxygen atoms in total. The Morgan fingerprint density at radius 1 is 1.50 bits per heavy atom. The molecule has 1 aromatic heterocycles. The van der Waals surface area contributed by atoms with Crippen LogP contribution in [0.3, 0.4) is 0 Å². The second-order valence-electron chi connectivity index (χ2n) is 4.81. The van der Waals surface area contributed by atoms with E-state index in [9.17, 15) is 14.7 Å². The number of carbonyl (C=O) groups is 2. The largest absolute Gasteiger partial charge is 0.505 e. The molecule has 0 bridgehead atoms. The first-order valence-electron chi connectivity index (χ1n) is 6.08. The summed E-state index contributed by atoms with van der Waals surface area (Å²) >= 11 is 3.14. The summed E-state index contributed by atoms with van der Waals surface area (Å²) in [6.45, 7) is 5.42. The Balaban J connectivity index is 2.70. The maximum absolute atomic E-state index is 11.9. The van der Waals surface area contributed by atoms with Gasteiger partial charge in [-0.25, -0.2) is 4.98 Å². The smallest absolute Gasteiger partial charge is 0.313 e. The second-order valence-corrected chi connectivity index (χ2v) is 5.72. The number of ether oxygens (including phenoxy) is 1. The maximum atomic E-state index is 11.9. The van der Waals surface area contributed by atoms with Gasteiger partial charge >= 0.3 is 5.97 Å². The molecule has 0 aromatic carbocycles. The zero-order valence-corrected chi connectivity index (χ0v) is 13.2. The summed E-state index contributed by atoms with van der Waals surface area (Å²) in [6.07, 6.45) is 1.41. The van der Waals surface area contributed by atoms with Crippen LogP contribution in [0, 0.1) is 5.41 Å². The van der Waals surface area contributed by atoms with E-state index in [4.69, 9.17) is 4.74 Å². The molecule has 20 heavy (non-hydrogen) atoms. The molecule has 0 fully saturated rings. The van der Waals surface area contributed by atoms with Crippen molar-refractivity contribution in [3.63, 3.8) is 0 Å². The first-order chi connectivity index (χ1) is 9.27. The monoisotopic (exact) mass is 344 g/mol. The lowest BCUT2D eigenvalue weighted by atomic mass is 9.93. The number of esters is 1. The topological polar surface area (TPSA) is 88.5 Å². The summed E-state index contributed by atoms with van der Waals surface area (Å²) in [7, 11) is 0. The Kier molecular flexibility index (Phi) is 5.50. The fourth-order valence-corrected chi connectivity index (χ4v) is 1.71. The number of nitrogens with one attached hydrogen (secondary N) is 1. The number of hydrogen-bond donors (Lipinski definition) is 2. The molecule has 2 N–H and O–H groups in total. The number of halogens is 1. The highest BCUT2D eigenvalue weighted by Crippen LogP contribution is 2.20. The zero-order chi connectivity index (χ0) is 15.3. The molecule has 110 valence electrons. The Labute approximate surface area is 125 Å². The fraction of sp³-hybridized carbons (Fsp3) is 0.462. The maximum Gasteiger partial charge on any atom is 0.313 e. The molecule has 1 amide bonds. The van der Waals surface area contributed by atoms with E-state index in [-0.39, 0.29) is 24.6 Å². The minimum absolute atomic E-state index is 0.0852. The van der Waals surface area contributed by atoms with Crippen LogP contribution in [0.15, 0.2) is 16.7 Å². The van der Waals surface area contributed by atoms with Crippen LogP contribution in [0.1, 0.15) is 31.3 Å². The van der Waals surface area contributed by atoms with E-state index in [0.717, 1.165) is 0 Å². The van der Waals surface area contributed by atoms with Gasteiger partial charge in [-0.05, 0) is 42.8 Å². The average molecular weight is 345 g/mol. The standard InChI is InChI=1S/C13H17BrN2O4/c1-4-20-12(19)13(2,3)7-16-11(18)10-9(17)5-8(14)6-15-10/h5-6,17H,4,7H2,1-3H3,(H,16,18). The molecule has 1 heterocycles. The van der Waals surface area contributed by atoms with Crippen LogP contribution in [-0.4, -0.2) is 35.1 Å². The number of rotatable bonds is 5. The fourth-order valence-electron chi connectivity index (χ4n) is 1.39. The lowest BCUT2D eigenvalue weighted by molar-refractivity contribution is -0.153. The summed E-state index contributed by atoms with van der Waals surface area (Å²) in [5.41, 5.74) is -0.940. The highest BCUT2D eigenvalue weighted by molar-refractivity contribution is 9.10. The molecule has 0 aliphatic rings. The van der Waals surface area contributed by atoms with Crippen molar-refractivity contribution in [3.05, 3.63) is 22.4 Å². The van der Waals surface area contributed by atoms with Gasteiger partial charge in [-0.15, -0.1) is 0 Å². The molecule has 0 unspecified atom stereocenters. The Bertz CT molecular complexity index is 517. The first kappa shape index (κ1) is 16.4. The lowest BCUT2D eigenvalue weighted by Crippen LogP contribution is -2.40. The molecule has 0 radical (unpaired) electrons. The predicted molar refractivity (Wildman–Crippen MR) is 76.3 cm³/mol. The number of nitrogens with zero attached hydrogens (tertiary/aromatic N) is 1. The number of aromatic nitrogens is 1. The van der Waals surface area contributed by atoms with Crippen LogP contribution < -0.4 is 5.32 Å². The normalized spacial score (nSPS) is 11.0. The molecule has 0 aliphatic carbocycles. The number of pyridine rings is 1. The molecule has 1 aromatic rings. The lowest BCUT2D eigenvalue weighted by Gasteiger charge is -2.22. The van der Waals surface area contributed by atoms with Crippen LogP contribution >= 0.6 is 15.9 Å². The van der Waals surface area contributed by atoms with Crippen molar-refractivity contribution in [2.24, 2.45) is 5.41 Å². The summed E-state index contributed by atoms with van der Waals surface area (Å²) in [6, 6.07) is 1.37. The number of aromatic hydroxyl groups is 1. The van der Waals surface area contributed by atoms with E-state index in [1.165, 1.54) is 12.3 Å². The average Bonchev–Trinajstić information content (AvgIpc) is 2.36. The predicted octanol–water partition coefficient (Wildman–Crippen LogP) is 1.87. The second kappa shape index (κ2) is 6.69. The molecule has 0 aliphatic heterocycles. The van der Waals surface area contributed by atoms with Gasteiger partial charge in [0.2, 0.25) is 0 Å². The van der Waals surface area contributed by atoms with Gasteiger partial charge < -0.3 is 15.2 Å². The molecule has 0 atom stereocenters. The van der Waals surface area contributed by atoms with Gasteiger partial charge in [0.15, 0.2) is 5.69 Å². The van der Waals surface area contributed by atoms with Gasteiger partial charge in [-0.3, -0.25) is 9.59 Å². The van der Waals surface area contributed by atoms with E-state index < -0.39 is 17.3 Å². The van der Waals surface area contributed by atoms with Crippen molar-refractivity contribution in [3.8, 4) is 5.75 Å². The SMILES string of the molecule is CCOC(=O)C(C)(C)CNC(=O)c1ncc(Br)cc1O. The van der Waals surface area contributed by atoms with Gasteiger partial charge in [0.25, 0.3) is 5.91 Å². The van der Waals surface area contributed by atoms with Gasteiger partial charge in [0.1, 0.15) is 5.75 Å². The highest BCUT2D eigenvalue weighted by atomic mass is 79.9. The van der Waals surface area contributed by atoms with Crippen molar-refractivity contribution in [1.82, 2.24) is 10.3 Å². The first-order valence-corrected chi connectivity index (χ1v) is 6.87. The third-order valence-electron chi connectivity index (χ3n) is 2.57. The van der Waals surface area contributed by atoms with Crippen molar-refractivity contribution in [1.29, 1.82) is 0 Å².